The third kappa shape index (κ3) is 4.80. The van der Waals surface area contributed by atoms with E-state index in [0.717, 1.165) is 11.1 Å². The summed E-state index contributed by atoms with van der Waals surface area (Å²) in [7, 11) is 0. The second-order valence-electron chi connectivity index (χ2n) is 5.88. The van der Waals surface area contributed by atoms with Crippen LogP contribution in [-0.2, 0) is 13.1 Å². The molecule has 0 saturated heterocycles. The molecule has 0 aliphatic rings. The van der Waals surface area contributed by atoms with Gasteiger partial charge in [0.2, 0.25) is 0 Å². The number of hydrogen-bond acceptors (Lipinski definition) is 4. The van der Waals surface area contributed by atoms with Gasteiger partial charge in [-0.25, -0.2) is 0 Å². The molecule has 2 N–H and O–H groups in total. The molecule has 3 aromatic rings. The lowest BCUT2D eigenvalue weighted by Gasteiger charge is -2.02. The van der Waals surface area contributed by atoms with Crippen LogP contribution < -0.4 is 0 Å². The van der Waals surface area contributed by atoms with Gasteiger partial charge in [0.05, 0.1) is 13.1 Å². The summed E-state index contributed by atoms with van der Waals surface area (Å²) in [5.74, 6) is 0.451. The van der Waals surface area contributed by atoms with Gasteiger partial charge < -0.3 is 10.2 Å². The number of phenolic OH excluding ortho intramolecular Hbond substituents is 2. The van der Waals surface area contributed by atoms with Crippen molar-refractivity contribution in [2.75, 3.05) is 0 Å². The van der Waals surface area contributed by atoms with Crippen molar-refractivity contribution in [3.8, 4) is 11.5 Å². The van der Waals surface area contributed by atoms with Gasteiger partial charge in [-0.2, -0.15) is 0 Å². The first-order valence-electron chi connectivity index (χ1n) is 8.36. The largest absolute Gasteiger partial charge is 0.507 e. The Labute approximate surface area is 152 Å². The van der Waals surface area contributed by atoms with Crippen molar-refractivity contribution in [1.82, 2.24) is 0 Å². The third-order valence-electron chi connectivity index (χ3n) is 3.87. The Kier molecular flexibility index (Phi) is 5.78. The quantitative estimate of drug-likeness (QED) is 0.654. The molecule has 3 aromatic carbocycles. The Morgan fingerprint density at radius 2 is 1.08 bits per heavy atom. The van der Waals surface area contributed by atoms with Crippen LogP contribution in [-0.4, -0.2) is 22.6 Å². The fourth-order valence-corrected chi connectivity index (χ4v) is 2.52. The van der Waals surface area contributed by atoms with Crippen molar-refractivity contribution < 1.29 is 10.2 Å². The molecule has 130 valence electrons. The normalized spacial score (nSPS) is 11.4. The standard InChI is InChI=1S/C22H20N2O2/c25-21-10-3-1-8-19(21)15-23-13-17-6-5-7-18(12-17)14-24-16-20-9-2-4-11-22(20)26/h1-12,15-16,25-26H,13-14H2. The molecule has 0 spiro atoms. The molecule has 0 saturated carbocycles. The summed E-state index contributed by atoms with van der Waals surface area (Å²) in [6.45, 7) is 1.07. The summed E-state index contributed by atoms with van der Waals surface area (Å²) in [6.07, 6.45) is 3.36. The summed E-state index contributed by atoms with van der Waals surface area (Å²) in [4.78, 5) is 8.79. The molecule has 0 fully saturated rings. The van der Waals surface area contributed by atoms with Crippen LogP contribution in [0.15, 0.2) is 82.8 Å². The van der Waals surface area contributed by atoms with Crippen molar-refractivity contribution in [2.45, 2.75) is 13.1 Å². The molecule has 26 heavy (non-hydrogen) atoms. The van der Waals surface area contributed by atoms with E-state index in [-0.39, 0.29) is 11.5 Å². The number of rotatable bonds is 6. The number of aromatic hydroxyl groups is 2. The number of phenols is 2. The lowest BCUT2D eigenvalue weighted by Crippen LogP contribution is -1.89. The highest BCUT2D eigenvalue weighted by Crippen LogP contribution is 2.15. The minimum absolute atomic E-state index is 0.225. The molecule has 0 radical (unpaired) electrons. The van der Waals surface area contributed by atoms with Gasteiger partial charge in [0.15, 0.2) is 0 Å². The maximum absolute atomic E-state index is 9.74. The topological polar surface area (TPSA) is 65.2 Å². The van der Waals surface area contributed by atoms with E-state index in [2.05, 4.69) is 16.1 Å². The Bertz CT molecular complexity index is 860. The van der Waals surface area contributed by atoms with Gasteiger partial charge in [-0.1, -0.05) is 48.5 Å². The van der Waals surface area contributed by atoms with E-state index in [4.69, 9.17) is 0 Å². The van der Waals surface area contributed by atoms with Gasteiger partial charge in [-0.15, -0.1) is 0 Å². The maximum atomic E-state index is 9.74. The Morgan fingerprint density at radius 1 is 0.615 bits per heavy atom. The van der Waals surface area contributed by atoms with Gasteiger partial charge in [0.1, 0.15) is 11.5 Å². The van der Waals surface area contributed by atoms with E-state index >= 15 is 0 Å². The number of hydrogen-bond donors (Lipinski definition) is 2. The molecule has 4 heteroatoms. The van der Waals surface area contributed by atoms with Gasteiger partial charge >= 0.3 is 0 Å². The highest BCUT2D eigenvalue weighted by molar-refractivity contribution is 5.83. The number of aliphatic imine (C=N–C) groups is 2. The fraction of sp³-hybridized carbons (Fsp3) is 0.0909. The molecule has 0 atom stereocenters. The molecule has 0 aliphatic carbocycles. The summed E-state index contributed by atoms with van der Waals surface area (Å²) in [5, 5.41) is 19.5. The number of nitrogens with zero attached hydrogens (tertiary/aromatic N) is 2. The molecular weight excluding hydrogens is 324 g/mol. The fourth-order valence-electron chi connectivity index (χ4n) is 2.52. The van der Waals surface area contributed by atoms with Crippen LogP contribution in [0.5, 0.6) is 11.5 Å². The first-order valence-corrected chi connectivity index (χ1v) is 8.36. The maximum Gasteiger partial charge on any atom is 0.124 e. The van der Waals surface area contributed by atoms with Crippen LogP contribution in [0, 0.1) is 0 Å². The first kappa shape index (κ1) is 17.4. The van der Waals surface area contributed by atoms with Crippen LogP contribution in [0.25, 0.3) is 0 Å². The molecule has 0 amide bonds. The second kappa shape index (κ2) is 8.62. The van der Waals surface area contributed by atoms with E-state index in [9.17, 15) is 10.2 Å². The van der Waals surface area contributed by atoms with Gasteiger partial charge in [0.25, 0.3) is 0 Å². The minimum atomic E-state index is 0.225. The zero-order valence-electron chi connectivity index (χ0n) is 14.3. The Hall–Kier alpha value is -3.40. The van der Waals surface area contributed by atoms with E-state index in [0.29, 0.717) is 24.2 Å². The lowest BCUT2D eigenvalue weighted by molar-refractivity contribution is 0.474. The molecular formula is C22H20N2O2. The molecule has 0 bridgehead atoms. The van der Waals surface area contributed by atoms with Crippen LogP contribution in [0.4, 0.5) is 0 Å². The SMILES string of the molecule is Oc1ccccc1C=NCc1cccc(CN=Cc2ccccc2O)c1. The Morgan fingerprint density at radius 3 is 1.54 bits per heavy atom. The zero-order valence-corrected chi connectivity index (χ0v) is 14.3. The van der Waals surface area contributed by atoms with Gasteiger partial charge in [-0.05, 0) is 35.4 Å². The summed E-state index contributed by atoms with van der Waals surface area (Å²) in [6, 6.07) is 22.3. The van der Waals surface area contributed by atoms with E-state index < -0.39 is 0 Å². The van der Waals surface area contributed by atoms with E-state index in [1.54, 1.807) is 36.7 Å². The average molecular weight is 344 g/mol. The molecule has 3 rings (SSSR count). The zero-order chi connectivity index (χ0) is 18.2. The highest BCUT2D eigenvalue weighted by atomic mass is 16.3. The third-order valence-corrected chi connectivity index (χ3v) is 3.87. The first-order chi connectivity index (χ1) is 12.7. The molecule has 0 aliphatic heterocycles. The van der Waals surface area contributed by atoms with Gasteiger partial charge in [-0.3, -0.25) is 9.98 Å². The average Bonchev–Trinajstić information content (AvgIpc) is 2.65. The van der Waals surface area contributed by atoms with E-state index in [1.165, 1.54) is 0 Å². The second-order valence-corrected chi connectivity index (χ2v) is 5.88. The Balaban J connectivity index is 1.61. The predicted molar refractivity (Wildman–Crippen MR) is 105 cm³/mol. The molecule has 0 aromatic heterocycles. The minimum Gasteiger partial charge on any atom is -0.507 e. The summed E-state index contributed by atoms with van der Waals surface area (Å²) < 4.78 is 0. The lowest BCUT2D eigenvalue weighted by atomic mass is 10.1. The monoisotopic (exact) mass is 344 g/mol. The van der Waals surface area contributed by atoms with E-state index in [1.807, 2.05) is 42.5 Å². The van der Waals surface area contributed by atoms with Crippen molar-refractivity contribution in [3.05, 3.63) is 95.1 Å². The predicted octanol–water partition coefficient (Wildman–Crippen LogP) is 4.34. The van der Waals surface area contributed by atoms with Crippen molar-refractivity contribution in [3.63, 3.8) is 0 Å². The summed E-state index contributed by atoms with van der Waals surface area (Å²) in [5.41, 5.74) is 3.56. The van der Waals surface area contributed by atoms with Crippen LogP contribution in [0.3, 0.4) is 0 Å². The van der Waals surface area contributed by atoms with Gasteiger partial charge in [0, 0.05) is 23.6 Å². The molecule has 0 unspecified atom stereocenters. The van der Waals surface area contributed by atoms with Crippen molar-refractivity contribution in [1.29, 1.82) is 0 Å². The van der Waals surface area contributed by atoms with Crippen LogP contribution in [0.2, 0.25) is 0 Å². The molecule has 0 heterocycles. The number of para-hydroxylation sites is 2. The van der Waals surface area contributed by atoms with Crippen LogP contribution in [0.1, 0.15) is 22.3 Å². The molecule has 4 nitrogen and oxygen atoms in total. The van der Waals surface area contributed by atoms with Crippen molar-refractivity contribution in [2.24, 2.45) is 9.98 Å². The summed E-state index contributed by atoms with van der Waals surface area (Å²) >= 11 is 0. The van der Waals surface area contributed by atoms with Crippen LogP contribution >= 0.6 is 0 Å². The number of benzene rings is 3. The highest BCUT2D eigenvalue weighted by Gasteiger charge is 1.98. The smallest absolute Gasteiger partial charge is 0.124 e. The van der Waals surface area contributed by atoms with Crippen molar-refractivity contribution >= 4 is 12.4 Å².